The molecule has 1 aromatic heterocycles. The zero-order chi connectivity index (χ0) is 14.0. The molecular weight excluding hydrogens is 258 g/mol. The number of rotatable bonds is 4. The quantitative estimate of drug-likeness (QED) is 0.873. The Labute approximate surface area is 118 Å². The molecule has 0 unspecified atom stereocenters. The van der Waals surface area contributed by atoms with Crippen molar-refractivity contribution in [2.45, 2.75) is 27.3 Å². The van der Waals surface area contributed by atoms with Crippen molar-refractivity contribution in [3.8, 4) is 0 Å². The fourth-order valence-corrected chi connectivity index (χ4v) is 2.56. The maximum absolute atomic E-state index is 12.2. The van der Waals surface area contributed by atoms with Crippen LogP contribution in [0.2, 0.25) is 0 Å². The smallest absolute Gasteiger partial charge is 0.242 e. The maximum atomic E-state index is 12.2. The number of para-hydroxylation sites is 1. The van der Waals surface area contributed by atoms with Gasteiger partial charge in [0.2, 0.25) is 5.91 Å². The molecule has 0 fully saturated rings. The first kappa shape index (κ1) is 13.8. The van der Waals surface area contributed by atoms with Crippen LogP contribution in [0, 0.1) is 11.7 Å². The SMILES string of the molecule is CCN(CC)C(=O)Cn1c(=S)[nH]c2c(C)cccc21. The third kappa shape index (κ3) is 2.56. The van der Waals surface area contributed by atoms with Crippen molar-refractivity contribution in [1.29, 1.82) is 0 Å². The van der Waals surface area contributed by atoms with E-state index in [4.69, 9.17) is 12.2 Å². The van der Waals surface area contributed by atoms with Crippen molar-refractivity contribution in [2.75, 3.05) is 13.1 Å². The molecular formula is C14H19N3OS. The molecule has 102 valence electrons. The van der Waals surface area contributed by atoms with E-state index in [1.54, 1.807) is 0 Å². The van der Waals surface area contributed by atoms with Crippen molar-refractivity contribution in [1.82, 2.24) is 14.5 Å². The maximum Gasteiger partial charge on any atom is 0.242 e. The molecule has 5 heteroatoms. The molecule has 1 amide bonds. The van der Waals surface area contributed by atoms with Crippen LogP contribution >= 0.6 is 12.2 Å². The summed E-state index contributed by atoms with van der Waals surface area (Å²) in [5, 5.41) is 0. The van der Waals surface area contributed by atoms with Gasteiger partial charge in [-0.15, -0.1) is 0 Å². The minimum absolute atomic E-state index is 0.100. The van der Waals surface area contributed by atoms with Gasteiger partial charge >= 0.3 is 0 Å². The van der Waals surface area contributed by atoms with Crippen molar-refractivity contribution < 1.29 is 4.79 Å². The van der Waals surface area contributed by atoms with Crippen LogP contribution in [-0.4, -0.2) is 33.4 Å². The first-order chi connectivity index (χ1) is 9.08. The highest BCUT2D eigenvalue weighted by atomic mass is 32.1. The average molecular weight is 277 g/mol. The summed E-state index contributed by atoms with van der Waals surface area (Å²) in [4.78, 5) is 17.2. The van der Waals surface area contributed by atoms with Gasteiger partial charge in [-0.1, -0.05) is 12.1 Å². The number of carbonyl (C=O) groups excluding carboxylic acids is 1. The van der Waals surface area contributed by atoms with Crippen molar-refractivity contribution >= 4 is 29.2 Å². The molecule has 1 aromatic carbocycles. The number of nitrogens with one attached hydrogen (secondary N) is 1. The molecule has 0 bridgehead atoms. The molecule has 0 aliphatic heterocycles. The van der Waals surface area contributed by atoms with E-state index in [0.717, 1.165) is 29.7 Å². The second kappa shape index (κ2) is 5.57. The first-order valence-corrected chi connectivity index (χ1v) is 6.95. The fourth-order valence-electron chi connectivity index (χ4n) is 2.29. The van der Waals surface area contributed by atoms with Gasteiger partial charge in [0.25, 0.3) is 0 Å². The first-order valence-electron chi connectivity index (χ1n) is 6.54. The number of benzene rings is 1. The van der Waals surface area contributed by atoms with Crippen LogP contribution in [0.4, 0.5) is 0 Å². The Hall–Kier alpha value is -1.62. The van der Waals surface area contributed by atoms with Crippen LogP contribution in [0.5, 0.6) is 0 Å². The number of aromatic amines is 1. The number of fused-ring (bicyclic) bond motifs is 1. The lowest BCUT2D eigenvalue weighted by molar-refractivity contribution is -0.131. The number of carbonyl (C=O) groups is 1. The lowest BCUT2D eigenvalue weighted by Crippen LogP contribution is -2.33. The molecule has 2 rings (SSSR count). The number of nitrogens with zero attached hydrogens (tertiary/aromatic N) is 2. The van der Waals surface area contributed by atoms with E-state index < -0.39 is 0 Å². The molecule has 0 saturated heterocycles. The molecule has 2 aromatic rings. The minimum atomic E-state index is 0.100. The highest BCUT2D eigenvalue weighted by Gasteiger charge is 2.13. The number of aromatic nitrogens is 2. The monoisotopic (exact) mass is 277 g/mol. The largest absolute Gasteiger partial charge is 0.342 e. The molecule has 1 N–H and O–H groups in total. The van der Waals surface area contributed by atoms with Crippen molar-refractivity contribution in [3.05, 3.63) is 28.5 Å². The Bertz CT molecular complexity index is 652. The molecule has 0 radical (unpaired) electrons. The van der Waals surface area contributed by atoms with Crippen LogP contribution in [0.25, 0.3) is 11.0 Å². The summed E-state index contributed by atoms with van der Waals surface area (Å²) in [6.45, 7) is 7.75. The topological polar surface area (TPSA) is 41.0 Å². The fraction of sp³-hybridized carbons (Fsp3) is 0.429. The van der Waals surface area contributed by atoms with Crippen LogP contribution < -0.4 is 0 Å². The number of imidazole rings is 1. The lowest BCUT2D eigenvalue weighted by Gasteiger charge is -2.19. The van der Waals surface area contributed by atoms with E-state index >= 15 is 0 Å². The van der Waals surface area contributed by atoms with E-state index in [0.29, 0.717) is 11.3 Å². The minimum Gasteiger partial charge on any atom is -0.342 e. The van der Waals surface area contributed by atoms with E-state index in [2.05, 4.69) is 4.98 Å². The third-order valence-corrected chi connectivity index (χ3v) is 3.75. The molecule has 0 aliphatic rings. The van der Waals surface area contributed by atoms with E-state index in [1.165, 1.54) is 0 Å². The summed E-state index contributed by atoms with van der Waals surface area (Å²) in [7, 11) is 0. The highest BCUT2D eigenvalue weighted by Crippen LogP contribution is 2.17. The Kier molecular flexibility index (Phi) is 4.04. The predicted octanol–water partition coefficient (Wildman–Crippen LogP) is 2.88. The Balaban J connectivity index is 2.41. The van der Waals surface area contributed by atoms with Gasteiger partial charge < -0.3 is 14.5 Å². The Morgan fingerprint density at radius 1 is 1.37 bits per heavy atom. The average Bonchev–Trinajstić information content (AvgIpc) is 2.70. The normalized spacial score (nSPS) is 10.9. The zero-order valence-electron chi connectivity index (χ0n) is 11.6. The Morgan fingerprint density at radius 3 is 2.68 bits per heavy atom. The van der Waals surface area contributed by atoms with E-state index in [9.17, 15) is 4.79 Å². The van der Waals surface area contributed by atoms with Gasteiger partial charge in [-0.3, -0.25) is 4.79 Å². The van der Waals surface area contributed by atoms with E-state index in [-0.39, 0.29) is 5.91 Å². The summed E-state index contributed by atoms with van der Waals surface area (Å²) >= 11 is 5.33. The zero-order valence-corrected chi connectivity index (χ0v) is 12.4. The van der Waals surface area contributed by atoms with Gasteiger partial charge in [0.15, 0.2) is 4.77 Å². The van der Waals surface area contributed by atoms with Crippen LogP contribution in [-0.2, 0) is 11.3 Å². The third-order valence-electron chi connectivity index (χ3n) is 3.43. The van der Waals surface area contributed by atoms with Gasteiger partial charge in [-0.2, -0.15) is 0 Å². The van der Waals surface area contributed by atoms with Gasteiger partial charge in [0.1, 0.15) is 6.54 Å². The summed E-state index contributed by atoms with van der Waals surface area (Å²) in [6, 6.07) is 6.01. The van der Waals surface area contributed by atoms with Crippen LogP contribution in [0.3, 0.4) is 0 Å². The van der Waals surface area contributed by atoms with E-state index in [1.807, 2.05) is 48.4 Å². The highest BCUT2D eigenvalue weighted by molar-refractivity contribution is 7.71. The number of likely N-dealkylation sites (N-methyl/N-ethyl adjacent to an activating group) is 1. The second-order valence-corrected chi connectivity index (χ2v) is 4.94. The molecule has 4 nitrogen and oxygen atoms in total. The molecule has 1 heterocycles. The molecule has 0 aliphatic carbocycles. The number of amides is 1. The van der Waals surface area contributed by atoms with Gasteiger partial charge in [-0.05, 0) is 44.6 Å². The van der Waals surface area contributed by atoms with Gasteiger partial charge in [-0.25, -0.2) is 0 Å². The summed E-state index contributed by atoms with van der Waals surface area (Å²) < 4.78 is 2.48. The predicted molar refractivity (Wildman–Crippen MR) is 79.8 cm³/mol. The summed E-state index contributed by atoms with van der Waals surface area (Å²) in [5.41, 5.74) is 3.14. The Morgan fingerprint density at radius 2 is 2.05 bits per heavy atom. The van der Waals surface area contributed by atoms with Crippen molar-refractivity contribution in [3.63, 3.8) is 0 Å². The standard InChI is InChI=1S/C14H19N3OS/c1-4-16(5-2)12(18)9-17-11-8-6-7-10(3)13(11)15-14(17)19/h6-8H,4-5,9H2,1-3H3,(H,15,19). The summed E-state index contributed by atoms with van der Waals surface area (Å²) in [5.74, 6) is 0.100. The molecule has 0 spiro atoms. The molecule has 0 saturated carbocycles. The molecule has 19 heavy (non-hydrogen) atoms. The van der Waals surface area contributed by atoms with Crippen LogP contribution in [0.15, 0.2) is 18.2 Å². The van der Waals surface area contributed by atoms with Crippen molar-refractivity contribution in [2.24, 2.45) is 0 Å². The van der Waals surface area contributed by atoms with Gasteiger partial charge in [0, 0.05) is 13.1 Å². The second-order valence-electron chi connectivity index (χ2n) is 4.55. The van der Waals surface area contributed by atoms with Gasteiger partial charge in [0.05, 0.1) is 11.0 Å². The number of aryl methyl sites for hydroxylation is 1. The number of hydrogen-bond donors (Lipinski definition) is 1. The summed E-state index contributed by atoms with van der Waals surface area (Å²) in [6.07, 6.45) is 0. The van der Waals surface area contributed by atoms with Crippen LogP contribution in [0.1, 0.15) is 19.4 Å². The number of hydrogen-bond acceptors (Lipinski definition) is 2. The molecule has 0 atom stereocenters. The lowest BCUT2D eigenvalue weighted by atomic mass is 10.2. The number of H-pyrrole nitrogens is 1.